The van der Waals surface area contributed by atoms with Crippen LogP contribution in [0.5, 0.6) is 0 Å². The minimum absolute atomic E-state index is 0.130. The molecule has 1 heterocycles. The number of aryl methyl sites for hydroxylation is 1. The molecule has 0 spiro atoms. The van der Waals surface area contributed by atoms with Crippen LogP contribution in [-0.4, -0.2) is 16.7 Å². The predicted molar refractivity (Wildman–Crippen MR) is 78.1 cm³/mol. The first-order chi connectivity index (χ1) is 10.0. The average molecular weight is 279 g/mol. The van der Waals surface area contributed by atoms with Crippen LogP contribution in [0, 0.1) is 18.3 Å². The molecule has 0 aliphatic heterocycles. The molecular formula is C16H13N3O2. The van der Waals surface area contributed by atoms with E-state index in [1.165, 1.54) is 13.0 Å². The first-order valence-electron chi connectivity index (χ1n) is 6.32. The summed E-state index contributed by atoms with van der Waals surface area (Å²) in [6.07, 6.45) is 0. The largest absolute Gasteiger partial charge is 0.320 e. The van der Waals surface area contributed by atoms with Gasteiger partial charge in [0.2, 0.25) is 0 Å². The van der Waals surface area contributed by atoms with Gasteiger partial charge in [0.1, 0.15) is 11.8 Å². The maximum absolute atomic E-state index is 12.2. The summed E-state index contributed by atoms with van der Waals surface area (Å²) in [6.45, 7) is 3.11. The Hall–Kier alpha value is -3.00. The fraction of sp³-hybridized carbons (Fsp3) is 0.125. The molecule has 0 bridgehead atoms. The van der Waals surface area contributed by atoms with Gasteiger partial charge in [-0.25, -0.2) is 4.98 Å². The number of Topliss-reactive ketones (excluding diaryl/α,β-unsaturated/α-hetero) is 1. The Balaban J connectivity index is 2.29. The molecule has 0 fully saturated rings. The van der Waals surface area contributed by atoms with Crippen LogP contribution in [0.15, 0.2) is 36.4 Å². The number of hydrogen-bond donors (Lipinski definition) is 1. The molecule has 0 saturated carbocycles. The van der Waals surface area contributed by atoms with E-state index in [0.29, 0.717) is 22.5 Å². The van der Waals surface area contributed by atoms with Gasteiger partial charge in [-0.1, -0.05) is 12.1 Å². The van der Waals surface area contributed by atoms with Crippen molar-refractivity contribution in [1.82, 2.24) is 4.98 Å². The van der Waals surface area contributed by atoms with Crippen molar-refractivity contribution in [3.63, 3.8) is 0 Å². The molecule has 0 saturated heterocycles. The van der Waals surface area contributed by atoms with E-state index in [2.05, 4.69) is 10.3 Å². The Morgan fingerprint density at radius 3 is 2.52 bits per heavy atom. The Kier molecular flexibility index (Phi) is 4.10. The molecule has 1 N–H and O–H groups in total. The van der Waals surface area contributed by atoms with Crippen LogP contribution in [0.3, 0.4) is 0 Å². The van der Waals surface area contributed by atoms with E-state index < -0.39 is 5.91 Å². The Labute approximate surface area is 122 Å². The normalized spacial score (nSPS) is 9.76. The lowest BCUT2D eigenvalue weighted by atomic mass is 10.1. The van der Waals surface area contributed by atoms with Crippen LogP contribution >= 0.6 is 0 Å². The second-order valence-electron chi connectivity index (χ2n) is 4.50. The molecule has 0 atom stereocenters. The van der Waals surface area contributed by atoms with E-state index in [1.807, 2.05) is 6.07 Å². The van der Waals surface area contributed by atoms with Crippen molar-refractivity contribution < 1.29 is 9.59 Å². The summed E-state index contributed by atoms with van der Waals surface area (Å²) in [5, 5.41) is 11.5. The third-order valence-electron chi connectivity index (χ3n) is 2.99. The molecule has 1 aromatic heterocycles. The van der Waals surface area contributed by atoms with Crippen molar-refractivity contribution in [1.29, 1.82) is 5.26 Å². The van der Waals surface area contributed by atoms with Crippen LogP contribution < -0.4 is 5.32 Å². The van der Waals surface area contributed by atoms with Gasteiger partial charge in [0.25, 0.3) is 5.91 Å². The number of nitrogens with zero attached hydrogens (tertiary/aromatic N) is 2. The topological polar surface area (TPSA) is 82.9 Å². The van der Waals surface area contributed by atoms with Gasteiger partial charge >= 0.3 is 0 Å². The van der Waals surface area contributed by atoms with E-state index in [1.54, 1.807) is 37.3 Å². The van der Waals surface area contributed by atoms with Crippen molar-refractivity contribution in [2.75, 3.05) is 5.32 Å². The highest BCUT2D eigenvalue weighted by atomic mass is 16.2. The molecule has 0 aliphatic rings. The fourth-order valence-corrected chi connectivity index (χ4v) is 1.89. The molecule has 5 heteroatoms. The molecule has 1 amide bonds. The van der Waals surface area contributed by atoms with Crippen molar-refractivity contribution in [2.24, 2.45) is 0 Å². The number of pyridine rings is 1. The number of rotatable bonds is 3. The second-order valence-corrected chi connectivity index (χ2v) is 4.50. The molecule has 0 unspecified atom stereocenters. The number of benzene rings is 1. The first kappa shape index (κ1) is 14.4. The molecule has 2 aromatic rings. The number of carbonyl (C=O) groups excluding carboxylic acids is 2. The minimum Gasteiger partial charge on any atom is -0.320 e. The summed E-state index contributed by atoms with van der Waals surface area (Å²) >= 11 is 0. The van der Waals surface area contributed by atoms with Crippen molar-refractivity contribution in [2.45, 2.75) is 13.8 Å². The van der Waals surface area contributed by atoms with Gasteiger partial charge in [-0.2, -0.15) is 5.26 Å². The van der Waals surface area contributed by atoms with E-state index in [9.17, 15) is 9.59 Å². The lowest BCUT2D eigenvalue weighted by Crippen LogP contribution is -2.16. The highest BCUT2D eigenvalue weighted by Crippen LogP contribution is 2.16. The van der Waals surface area contributed by atoms with Gasteiger partial charge in [0, 0.05) is 5.56 Å². The standard InChI is InChI=1S/C16H13N3O2/c1-10-12(9-17)7-8-15(18-10)16(21)19-14-6-4-3-5-13(14)11(2)20/h3-8H,1-2H3,(H,19,21). The van der Waals surface area contributed by atoms with Crippen LogP contribution in [-0.2, 0) is 0 Å². The number of carbonyl (C=O) groups is 2. The third kappa shape index (κ3) is 3.12. The summed E-state index contributed by atoms with van der Waals surface area (Å²) in [5.74, 6) is -0.550. The zero-order chi connectivity index (χ0) is 15.4. The third-order valence-corrected chi connectivity index (χ3v) is 2.99. The lowest BCUT2D eigenvalue weighted by Gasteiger charge is -2.09. The Bertz CT molecular complexity index is 760. The van der Waals surface area contributed by atoms with E-state index in [0.717, 1.165) is 0 Å². The van der Waals surface area contributed by atoms with Crippen LogP contribution in [0.2, 0.25) is 0 Å². The van der Waals surface area contributed by atoms with Crippen LogP contribution in [0.25, 0.3) is 0 Å². The number of amides is 1. The second kappa shape index (κ2) is 5.97. The van der Waals surface area contributed by atoms with E-state index in [4.69, 9.17) is 5.26 Å². The summed E-state index contributed by atoms with van der Waals surface area (Å²) in [6, 6.07) is 11.8. The fourth-order valence-electron chi connectivity index (χ4n) is 1.89. The van der Waals surface area contributed by atoms with Crippen LogP contribution in [0.1, 0.15) is 39.0 Å². The number of anilines is 1. The van der Waals surface area contributed by atoms with Gasteiger partial charge in [-0.15, -0.1) is 0 Å². The number of nitrogens with one attached hydrogen (secondary N) is 1. The molecule has 0 aliphatic carbocycles. The summed E-state index contributed by atoms with van der Waals surface area (Å²) < 4.78 is 0. The van der Waals surface area contributed by atoms with E-state index in [-0.39, 0.29) is 11.5 Å². The van der Waals surface area contributed by atoms with Gasteiger partial charge in [0.15, 0.2) is 5.78 Å². The predicted octanol–water partition coefficient (Wildman–Crippen LogP) is 2.72. The molecule has 104 valence electrons. The number of ketones is 1. The van der Waals surface area contributed by atoms with Crippen LogP contribution in [0.4, 0.5) is 5.69 Å². The summed E-state index contributed by atoms with van der Waals surface area (Å²) in [7, 11) is 0. The molecule has 1 aromatic carbocycles. The number of para-hydroxylation sites is 1. The maximum Gasteiger partial charge on any atom is 0.274 e. The SMILES string of the molecule is CC(=O)c1ccccc1NC(=O)c1ccc(C#N)c(C)n1. The quantitative estimate of drug-likeness (QED) is 0.876. The molecule has 21 heavy (non-hydrogen) atoms. The zero-order valence-corrected chi connectivity index (χ0v) is 11.7. The van der Waals surface area contributed by atoms with Crippen molar-refractivity contribution in [3.8, 4) is 6.07 Å². The van der Waals surface area contributed by atoms with Gasteiger partial charge in [0.05, 0.1) is 16.9 Å². The Morgan fingerprint density at radius 2 is 1.90 bits per heavy atom. The monoisotopic (exact) mass is 279 g/mol. The summed E-state index contributed by atoms with van der Waals surface area (Å²) in [4.78, 5) is 27.8. The van der Waals surface area contributed by atoms with Gasteiger partial charge in [-0.3, -0.25) is 9.59 Å². The molecule has 2 rings (SSSR count). The zero-order valence-electron chi connectivity index (χ0n) is 11.7. The maximum atomic E-state index is 12.2. The van der Waals surface area contributed by atoms with Gasteiger partial charge in [-0.05, 0) is 38.1 Å². The van der Waals surface area contributed by atoms with Crippen molar-refractivity contribution in [3.05, 3.63) is 58.9 Å². The minimum atomic E-state index is -0.420. The average Bonchev–Trinajstić information content (AvgIpc) is 2.47. The smallest absolute Gasteiger partial charge is 0.274 e. The van der Waals surface area contributed by atoms with Crippen molar-refractivity contribution >= 4 is 17.4 Å². The molecular weight excluding hydrogens is 266 g/mol. The molecule has 0 radical (unpaired) electrons. The van der Waals surface area contributed by atoms with E-state index >= 15 is 0 Å². The highest BCUT2D eigenvalue weighted by molar-refractivity contribution is 6.08. The lowest BCUT2D eigenvalue weighted by molar-refractivity contribution is 0.101. The first-order valence-corrected chi connectivity index (χ1v) is 6.32. The molecule has 5 nitrogen and oxygen atoms in total. The Morgan fingerprint density at radius 1 is 1.19 bits per heavy atom. The summed E-state index contributed by atoms with van der Waals surface area (Å²) in [5.41, 5.74) is 2.00. The number of hydrogen-bond acceptors (Lipinski definition) is 4. The number of aromatic nitrogens is 1. The van der Waals surface area contributed by atoms with Gasteiger partial charge < -0.3 is 5.32 Å². The highest BCUT2D eigenvalue weighted by Gasteiger charge is 2.13. The number of nitriles is 1.